The average molecular weight is 191 g/mol. The Balaban J connectivity index is 2.23. The molecule has 0 aromatic heterocycles. The second-order valence-electron chi connectivity index (χ2n) is 3.07. The zero-order valence-corrected chi connectivity index (χ0v) is 7.12. The third-order valence-corrected chi connectivity index (χ3v) is 3.90. The van der Waals surface area contributed by atoms with Gasteiger partial charge >= 0.3 is 0 Å². The molecule has 5 nitrogen and oxygen atoms in total. The molecule has 2 rings (SSSR count). The van der Waals surface area contributed by atoms with E-state index in [2.05, 4.69) is 5.16 Å². The maximum atomic E-state index is 11.1. The molecule has 0 radical (unpaired) electrons. The molecule has 6 heteroatoms. The quantitative estimate of drug-likeness (QED) is 0.563. The predicted octanol–water partition coefficient (Wildman–Crippen LogP) is -1.22. The van der Waals surface area contributed by atoms with Crippen LogP contribution in [0.25, 0.3) is 0 Å². The lowest BCUT2D eigenvalue weighted by Gasteiger charge is -2.03. The van der Waals surface area contributed by atoms with E-state index in [1.165, 1.54) is 0 Å². The van der Waals surface area contributed by atoms with E-state index in [0.29, 0.717) is 5.71 Å². The van der Waals surface area contributed by atoms with Gasteiger partial charge in [-0.05, 0) is 0 Å². The van der Waals surface area contributed by atoms with Crippen LogP contribution in [0, 0.1) is 5.92 Å². The first-order valence-electron chi connectivity index (χ1n) is 3.66. The van der Waals surface area contributed by atoms with Crippen LogP contribution in [0.4, 0.5) is 0 Å². The van der Waals surface area contributed by atoms with Crippen molar-refractivity contribution in [2.45, 2.75) is 6.10 Å². The Labute approximate surface area is 69.9 Å². The first kappa shape index (κ1) is 8.00. The molecular weight excluding hydrogens is 182 g/mol. The fourth-order valence-corrected chi connectivity index (χ4v) is 3.46. The SMILES string of the molecule is O=S1(=O)C[C@@H]2C(CO)=NO[C@@H]2C1. The molecule has 2 aliphatic heterocycles. The molecule has 0 bridgehead atoms. The highest BCUT2D eigenvalue weighted by molar-refractivity contribution is 7.91. The fraction of sp³-hybridized carbons (Fsp3) is 0.833. The van der Waals surface area contributed by atoms with E-state index in [9.17, 15) is 8.42 Å². The largest absolute Gasteiger partial charge is 0.391 e. The van der Waals surface area contributed by atoms with E-state index in [0.717, 1.165) is 0 Å². The van der Waals surface area contributed by atoms with Crippen LogP contribution in [-0.2, 0) is 14.7 Å². The van der Waals surface area contributed by atoms with Crippen LogP contribution < -0.4 is 0 Å². The van der Waals surface area contributed by atoms with Crippen molar-refractivity contribution in [3.05, 3.63) is 0 Å². The van der Waals surface area contributed by atoms with Gasteiger partial charge in [0.15, 0.2) is 15.9 Å². The average Bonchev–Trinajstić information content (AvgIpc) is 2.42. The van der Waals surface area contributed by atoms with Gasteiger partial charge in [0.2, 0.25) is 0 Å². The summed E-state index contributed by atoms with van der Waals surface area (Å²) in [5.74, 6) is -0.109. The van der Waals surface area contributed by atoms with Gasteiger partial charge in [-0.2, -0.15) is 0 Å². The molecule has 0 saturated carbocycles. The maximum Gasteiger partial charge on any atom is 0.154 e. The summed E-state index contributed by atoms with van der Waals surface area (Å²) in [4.78, 5) is 4.86. The second kappa shape index (κ2) is 2.43. The van der Waals surface area contributed by atoms with Crippen LogP contribution in [-0.4, -0.2) is 43.5 Å². The molecule has 1 fully saturated rings. The van der Waals surface area contributed by atoms with Gasteiger partial charge in [0.1, 0.15) is 0 Å². The Hall–Kier alpha value is -0.620. The fourth-order valence-electron chi connectivity index (χ4n) is 1.58. The van der Waals surface area contributed by atoms with Gasteiger partial charge < -0.3 is 9.94 Å². The summed E-state index contributed by atoms with van der Waals surface area (Å²) in [6, 6.07) is 0. The van der Waals surface area contributed by atoms with Crippen molar-refractivity contribution in [1.82, 2.24) is 0 Å². The van der Waals surface area contributed by atoms with Gasteiger partial charge in [0.05, 0.1) is 29.7 Å². The lowest BCUT2D eigenvalue weighted by atomic mass is 10.0. The van der Waals surface area contributed by atoms with Crippen molar-refractivity contribution in [3.8, 4) is 0 Å². The summed E-state index contributed by atoms with van der Waals surface area (Å²) in [6.07, 6.45) is -0.350. The zero-order chi connectivity index (χ0) is 8.77. The second-order valence-corrected chi connectivity index (χ2v) is 5.22. The molecule has 0 amide bonds. The van der Waals surface area contributed by atoms with Gasteiger partial charge in [-0.1, -0.05) is 5.16 Å². The first-order valence-corrected chi connectivity index (χ1v) is 5.48. The summed E-state index contributed by atoms with van der Waals surface area (Å²) < 4.78 is 22.2. The zero-order valence-electron chi connectivity index (χ0n) is 6.30. The molecule has 12 heavy (non-hydrogen) atoms. The van der Waals surface area contributed by atoms with Crippen molar-refractivity contribution >= 4 is 15.5 Å². The summed E-state index contributed by atoms with van der Waals surface area (Å²) in [7, 11) is -2.97. The molecule has 68 valence electrons. The van der Waals surface area contributed by atoms with Crippen molar-refractivity contribution in [3.63, 3.8) is 0 Å². The monoisotopic (exact) mass is 191 g/mol. The van der Waals surface area contributed by atoms with E-state index in [1.807, 2.05) is 0 Å². The third kappa shape index (κ3) is 1.11. The first-order chi connectivity index (χ1) is 5.62. The molecule has 2 aliphatic rings. The van der Waals surface area contributed by atoms with Gasteiger partial charge in [0, 0.05) is 0 Å². The molecule has 1 saturated heterocycles. The number of aliphatic hydroxyl groups is 1. The lowest BCUT2D eigenvalue weighted by molar-refractivity contribution is 0.0882. The molecule has 0 spiro atoms. The van der Waals surface area contributed by atoms with E-state index >= 15 is 0 Å². The topological polar surface area (TPSA) is 76.0 Å². The van der Waals surface area contributed by atoms with Crippen LogP contribution in [0.5, 0.6) is 0 Å². The Bertz CT molecular complexity index is 320. The van der Waals surface area contributed by atoms with Crippen molar-refractivity contribution < 1.29 is 18.4 Å². The lowest BCUT2D eigenvalue weighted by Crippen LogP contribution is -2.23. The van der Waals surface area contributed by atoms with Gasteiger partial charge in [-0.3, -0.25) is 0 Å². The van der Waals surface area contributed by atoms with Crippen LogP contribution in [0.2, 0.25) is 0 Å². The minimum absolute atomic E-state index is 0.0324. The third-order valence-electron chi connectivity index (χ3n) is 2.20. The van der Waals surface area contributed by atoms with E-state index in [1.54, 1.807) is 0 Å². The number of oxime groups is 1. The standard InChI is InChI=1S/C6H9NO4S/c8-1-5-4-2-12(9,10)3-6(4)11-7-5/h4,6,8H,1-3H2/t4-,6-/m1/s1. The summed E-state index contributed by atoms with van der Waals surface area (Å²) in [5.41, 5.74) is 0.459. The highest BCUT2D eigenvalue weighted by atomic mass is 32.2. The minimum Gasteiger partial charge on any atom is -0.391 e. The highest BCUT2D eigenvalue weighted by Crippen LogP contribution is 2.28. The molecule has 1 N–H and O–H groups in total. The van der Waals surface area contributed by atoms with Crippen LogP contribution in [0.15, 0.2) is 5.16 Å². The van der Waals surface area contributed by atoms with E-state index < -0.39 is 9.84 Å². The van der Waals surface area contributed by atoms with Gasteiger partial charge in [0.25, 0.3) is 0 Å². The molecule has 0 unspecified atom stereocenters. The number of hydrogen-bond acceptors (Lipinski definition) is 5. The number of aliphatic hydroxyl groups excluding tert-OH is 1. The molecule has 0 aromatic carbocycles. The van der Waals surface area contributed by atoms with Gasteiger partial charge in [-0.15, -0.1) is 0 Å². The number of nitrogens with zero attached hydrogens (tertiary/aromatic N) is 1. The van der Waals surface area contributed by atoms with Crippen molar-refractivity contribution in [1.29, 1.82) is 0 Å². The molecule has 0 aromatic rings. The van der Waals surface area contributed by atoms with E-state index in [-0.39, 0.29) is 30.1 Å². The minimum atomic E-state index is -2.97. The number of fused-ring (bicyclic) bond motifs is 1. The number of hydrogen-bond donors (Lipinski definition) is 1. The van der Waals surface area contributed by atoms with Crippen LogP contribution in [0.3, 0.4) is 0 Å². The number of rotatable bonds is 1. The Kier molecular flexibility index (Phi) is 1.62. The Morgan fingerprint density at radius 3 is 3.00 bits per heavy atom. The maximum absolute atomic E-state index is 11.1. The smallest absolute Gasteiger partial charge is 0.154 e. The molecule has 2 heterocycles. The summed E-state index contributed by atoms with van der Waals surface area (Å²) in [6.45, 7) is -0.212. The van der Waals surface area contributed by atoms with Gasteiger partial charge in [-0.25, -0.2) is 8.42 Å². The molecule has 2 atom stereocenters. The Morgan fingerprint density at radius 2 is 2.33 bits per heavy atom. The summed E-state index contributed by atoms with van der Waals surface area (Å²) in [5, 5.41) is 12.4. The van der Waals surface area contributed by atoms with Crippen LogP contribution >= 0.6 is 0 Å². The predicted molar refractivity (Wildman–Crippen MR) is 41.5 cm³/mol. The molecular formula is C6H9NO4S. The number of sulfone groups is 1. The van der Waals surface area contributed by atoms with E-state index in [4.69, 9.17) is 9.94 Å². The van der Waals surface area contributed by atoms with Crippen LogP contribution in [0.1, 0.15) is 0 Å². The molecule has 0 aliphatic carbocycles. The highest BCUT2D eigenvalue weighted by Gasteiger charge is 2.45. The normalized spacial score (nSPS) is 37.2. The van der Waals surface area contributed by atoms with Crippen molar-refractivity contribution in [2.75, 3.05) is 18.1 Å². The summed E-state index contributed by atoms with van der Waals surface area (Å²) >= 11 is 0. The van der Waals surface area contributed by atoms with Crippen molar-refractivity contribution in [2.24, 2.45) is 11.1 Å². The Morgan fingerprint density at radius 1 is 1.58 bits per heavy atom.